The molecule has 0 aliphatic rings. The Kier molecular flexibility index (Phi) is 4.75. The van der Waals surface area contributed by atoms with E-state index in [0.717, 1.165) is 5.56 Å². The van der Waals surface area contributed by atoms with Gasteiger partial charge in [-0.1, -0.05) is 18.2 Å². The zero-order chi connectivity index (χ0) is 14.4. The number of rotatable bonds is 4. The van der Waals surface area contributed by atoms with E-state index in [0.29, 0.717) is 11.1 Å². The van der Waals surface area contributed by atoms with Gasteiger partial charge in [-0.05, 0) is 54.3 Å². The average molecular weight is 279 g/mol. The summed E-state index contributed by atoms with van der Waals surface area (Å²) < 4.78 is 0. The van der Waals surface area contributed by atoms with Crippen LogP contribution in [0.3, 0.4) is 0 Å². The average Bonchev–Trinajstić information content (AvgIpc) is 2.53. The molecule has 0 saturated heterocycles. The molecule has 98 valence electrons. The van der Waals surface area contributed by atoms with Gasteiger partial charge in [0, 0.05) is 10.5 Å². The van der Waals surface area contributed by atoms with E-state index in [1.165, 1.54) is 4.90 Å². The highest BCUT2D eigenvalue weighted by atomic mass is 32.2. The molecular formula is C17H13NOS. The van der Waals surface area contributed by atoms with Crippen LogP contribution in [0.25, 0.3) is 6.08 Å². The first-order valence-electron chi connectivity index (χ1n) is 6.09. The molecule has 0 spiro atoms. The summed E-state index contributed by atoms with van der Waals surface area (Å²) in [6, 6.07) is 16.7. The fraction of sp³-hybridized carbons (Fsp3) is 0.0588. The number of benzene rings is 2. The van der Waals surface area contributed by atoms with Crippen molar-refractivity contribution in [2.75, 3.05) is 6.26 Å². The highest BCUT2D eigenvalue weighted by Crippen LogP contribution is 2.15. The molecule has 0 N–H and O–H groups in total. The second-order valence-corrected chi connectivity index (χ2v) is 5.04. The van der Waals surface area contributed by atoms with Gasteiger partial charge < -0.3 is 0 Å². The molecule has 0 heterocycles. The van der Waals surface area contributed by atoms with Crippen molar-refractivity contribution in [3.05, 3.63) is 71.3 Å². The van der Waals surface area contributed by atoms with E-state index in [1.54, 1.807) is 48.2 Å². The molecule has 20 heavy (non-hydrogen) atoms. The van der Waals surface area contributed by atoms with Crippen molar-refractivity contribution in [1.29, 1.82) is 5.26 Å². The van der Waals surface area contributed by atoms with Crippen LogP contribution in [0.15, 0.2) is 59.5 Å². The molecule has 2 aromatic carbocycles. The molecule has 0 bridgehead atoms. The van der Waals surface area contributed by atoms with Crippen LogP contribution < -0.4 is 0 Å². The predicted molar refractivity (Wildman–Crippen MR) is 82.7 cm³/mol. The minimum absolute atomic E-state index is 0.0663. The van der Waals surface area contributed by atoms with Gasteiger partial charge in [0.15, 0.2) is 5.78 Å². The predicted octanol–water partition coefficient (Wildman–Crippen LogP) is 4.18. The first-order chi connectivity index (χ1) is 9.72. The van der Waals surface area contributed by atoms with E-state index in [-0.39, 0.29) is 5.78 Å². The zero-order valence-electron chi connectivity index (χ0n) is 11.0. The van der Waals surface area contributed by atoms with Gasteiger partial charge in [-0.3, -0.25) is 4.79 Å². The summed E-state index contributed by atoms with van der Waals surface area (Å²) in [6.45, 7) is 0. The number of nitrogens with zero attached hydrogens (tertiary/aromatic N) is 1. The standard InChI is InChI=1S/C17H13NOS/c1-20-16-9-4-13(5-10-16)6-11-17(19)15-7-2-14(12-18)3-8-15/h2-11H,1H3. The van der Waals surface area contributed by atoms with Gasteiger partial charge >= 0.3 is 0 Å². The van der Waals surface area contributed by atoms with Crippen LogP contribution >= 0.6 is 11.8 Å². The lowest BCUT2D eigenvalue weighted by Gasteiger charge is -1.98. The van der Waals surface area contributed by atoms with E-state index in [4.69, 9.17) is 5.26 Å². The molecule has 0 aliphatic heterocycles. The van der Waals surface area contributed by atoms with Crippen molar-refractivity contribution in [3.63, 3.8) is 0 Å². The lowest BCUT2D eigenvalue weighted by Crippen LogP contribution is -1.93. The van der Waals surface area contributed by atoms with Crippen LogP contribution in [0.2, 0.25) is 0 Å². The molecule has 0 fully saturated rings. The molecule has 0 amide bonds. The Hall–Kier alpha value is -2.31. The number of hydrogen-bond donors (Lipinski definition) is 0. The third-order valence-electron chi connectivity index (χ3n) is 2.84. The Morgan fingerprint density at radius 1 is 1.10 bits per heavy atom. The van der Waals surface area contributed by atoms with Gasteiger partial charge in [0.1, 0.15) is 0 Å². The topological polar surface area (TPSA) is 40.9 Å². The molecule has 0 aromatic heterocycles. The number of carbonyl (C=O) groups is 1. The molecule has 0 aliphatic carbocycles. The minimum atomic E-state index is -0.0663. The Labute approximate surface area is 122 Å². The van der Waals surface area contributed by atoms with Crippen molar-refractivity contribution in [1.82, 2.24) is 0 Å². The summed E-state index contributed by atoms with van der Waals surface area (Å²) in [6.07, 6.45) is 5.37. The van der Waals surface area contributed by atoms with Gasteiger partial charge in [0.05, 0.1) is 11.6 Å². The van der Waals surface area contributed by atoms with Crippen LogP contribution in [0.4, 0.5) is 0 Å². The largest absolute Gasteiger partial charge is 0.289 e. The maximum Gasteiger partial charge on any atom is 0.185 e. The molecule has 0 atom stereocenters. The highest BCUT2D eigenvalue weighted by Gasteiger charge is 2.01. The molecule has 0 radical (unpaired) electrons. The van der Waals surface area contributed by atoms with E-state index >= 15 is 0 Å². The van der Waals surface area contributed by atoms with E-state index < -0.39 is 0 Å². The third-order valence-corrected chi connectivity index (χ3v) is 3.59. The van der Waals surface area contributed by atoms with Crippen LogP contribution in [0.1, 0.15) is 21.5 Å². The number of hydrogen-bond acceptors (Lipinski definition) is 3. The summed E-state index contributed by atoms with van der Waals surface area (Å²) in [5.41, 5.74) is 2.13. The fourth-order valence-electron chi connectivity index (χ4n) is 1.69. The molecule has 0 unspecified atom stereocenters. The SMILES string of the molecule is CSc1ccc(C=CC(=O)c2ccc(C#N)cc2)cc1. The zero-order valence-corrected chi connectivity index (χ0v) is 11.9. The van der Waals surface area contributed by atoms with E-state index in [1.807, 2.05) is 36.6 Å². The fourth-order valence-corrected chi connectivity index (χ4v) is 2.10. The van der Waals surface area contributed by atoms with Gasteiger partial charge in [0.25, 0.3) is 0 Å². The summed E-state index contributed by atoms with van der Waals surface area (Å²) >= 11 is 1.68. The number of ketones is 1. The van der Waals surface area contributed by atoms with Crippen molar-refractivity contribution in [2.45, 2.75) is 4.90 Å². The Bertz CT molecular complexity index is 664. The first-order valence-corrected chi connectivity index (χ1v) is 7.32. The second kappa shape index (κ2) is 6.74. The van der Waals surface area contributed by atoms with Crippen molar-refractivity contribution >= 4 is 23.6 Å². The van der Waals surface area contributed by atoms with Gasteiger partial charge in [-0.2, -0.15) is 5.26 Å². The van der Waals surface area contributed by atoms with Gasteiger partial charge in [-0.15, -0.1) is 11.8 Å². The number of thioether (sulfide) groups is 1. The molecule has 2 nitrogen and oxygen atoms in total. The van der Waals surface area contributed by atoms with E-state index in [9.17, 15) is 4.79 Å². The quantitative estimate of drug-likeness (QED) is 0.479. The molecule has 2 aromatic rings. The number of nitriles is 1. The lowest BCUT2D eigenvalue weighted by atomic mass is 10.1. The normalized spacial score (nSPS) is 10.4. The van der Waals surface area contributed by atoms with Crippen molar-refractivity contribution in [2.24, 2.45) is 0 Å². The smallest absolute Gasteiger partial charge is 0.185 e. The van der Waals surface area contributed by atoms with Crippen LogP contribution in [-0.4, -0.2) is 12.0 Å². The molecule has 3 heteroatoms. The monoisotopic (exact) mass is 279 g/mol. The van der Waals surface area contributed by atoms with Gasteiger partial charge in [0.2, 0.25) is 0 Å². The van der Waals surface area contributed by atoms with Crippen LogP contribution in [-0.2, 0) is 0 Å². The maximum absolute atomic E-state index is 12.0. The van der Waals surface area contributed by atoms with Crippen molar-refractivity contribution in [3.8, 4) is 6.07 Å². The summed E-state index contributed by atoms with van der Waals surface area (Å²) in [5, 5.41) is 8.71. The van der Waals surface area contributed by atoms with E-state index in [2.05, 4.69) is 0 Å². The summed E-state index contributed by atoms with van der Waals surface area (Å²) in [5.74, 6) is -0.0663. The van der Waals surface area contributed by atoms with Crippen LogP contribution in [0.5, 0.6) is 0 Å². The highest BCUT2D eigenvalue weighted by molar-refractivity contribution is 7.98. The second-order valence-electron chi connectivity index (χ2n) is 4.16. The maximum atomic E-state index is 12.0. The van der Waals surface area contributed by atoms with Crippen LogP contribution in [0, 0.1) is 11.3 Å². The van der Waals surface area contributed by atoms with Crippen molar-refractivity contribution < 1.29 is 4.79 Å². The Balaban J connectivity index is 2.09. The molecule has 2 rings (SSSR count). The molecule has 0 saturated carbocycles. The first kappa shape index (κ1) is 14.1. The van der Waals surface area contributed by atoms with Gasteiger partial charge in [-0.25, -0.2) is 0 Å². The Morgan fingerprint density at radius 2 is 1.75 bits per heavy atom. The summed E-state index contributed by atoms with van der Waals surface area (Å²) in [7, 11) is 0. The lowest BCUT2D eigenvalue weighted by molar-refractivity contribution is 0.104. The molecular weight excluding hydrogens is 266 g/mol. The summed E-state index contributed by atoms with van der Waals surface area (Å²) in [4.78, 5) is 13.2. The minimum Gasteiger partial charge on any atom is -0.289 e. The Morgan fingerprint density at radius 3 is 2.30 bits per heavy atom. The third kappa shape index (κ3) is 3.59. The number of allylic oxidation sites excluding steroid dienone is 1. The number of carbonyl (C=O) groups excluding carboxylic acids is 1.